The van der Waals surface area contributed by atoms with Gasteiger partial charge in [-0.05, 0) is 6.72 Å². The molecule has 38 valence electrons. The highest BCUT2D eigenvalue weighted by Crippen LogP contribution is 1.95. The van der Waals surface area contributed by atoms with Crippen molar-refractivity contribution in [2.24, 2.45) is 4.99 Å². The van der Waals surface area contributed by atoms with Crippen LogP contribution in [0.15, 0.2) is 17.3 Å². The van der Waals surface area contributed by atoms with Crippen molar-refractivity contribution in [3.05, 3.63) is 12.3 Å². The average molecular weight is 117 g/mol. The molecule has 2 nitrogen and oxygen atoms in total. The Morgan fingerprint density at radius 2 is 2.14 bits per heavy atom. The lowest BCUT2D eigenvalue weighted by molar-refractivity contribution is 1.46. The molecule has 0 fully saturated rings. The van der Waals surface area contributed by atoms with Gasteiger partial charge in [0, 0.05) is 0 Å². The van der Waals surface area contributed by atoms with E-state index in [1.54, 1.807) is 0 Å². The topological polar surface area (TPSA) is 36.2 Å². The fourth-order valence-electron chi connectivity index (χ4n) is 0.0694. The Hall–Kier alpha value is -0.630. The van der Waals surface area contributed by atoms with Gasteiger partial charge in [0.25, 0.3) is 0 Å². The largest absolute Gasteiger partial charge is 0.287 e. The molecule has 1 N–H and O–H groups in total. The van der Waals surface area contributed by atoms with Crippen molar-refractivity contribution < 1.29 is 0 Å². The number of nitrogens with one attached hydrogen (secondary N) is 1. The van der Waals surface area contributed by atoms with Crippen LogP contribution in [0.5, 0.6) is 0 Å². The van der Waals surface area contributed by atoms with Crippen molar-refractivity contribution in [3.8, 4) is 0 Å². The third-order valence-corrected chi connectivity index (χ3v) is 0.662. The summed E-state index contributed by atoms with van der Waals surface area (Å²) in [6.45, 7) is 6.39. The van der Waals surface area contributed by atoms with Crippen molar-refractivity contribution in [1.82, 2.24) is 0 Å². The lowest BCUT2D eigenvalue weighted by atomic mass is 10.6. The van der Waals surface area contributed by atoms with E-state index in [2.05, 4.69) is 18.3 Å². The molecule has 0 saturated heterocycles. The summed E-state index contributed by atoms with van der Waals surface area (Å²) in [6.07, 6.45) is 0. The Balaban J connectivity index is 3.81. The Bertz CT molecular complexity index is 117. The predicted molar refractivity (Wildman–Crippen MR) is 32.3 cm³/mol. The van der Waals surface area contributed by atoms with Gasteiger partial charge in [-0.3, -0.25) is 10.4 Å². The van der Waals surface area contributed by atoms with E-state index in [4.69, 9.17) is 17.0 Å². The van der Waals surface area contributed by atoms with Crippen LogP contribution in [0.4, 0.5) is 0 Å². The summed E-state index contributed by atoms with van der Waals surface area (Å²) in [6, 6.07) is 0. The smallest absolute Gasteiger partial charge is 0.146 e. The molecule has 0 amide bonds. The van der Waals surface area contributed by atoms with Gasteiger partial charge in [-0.2, -0.15) is 0 Å². The molecule has 0 heterocycles. The van der Waals surface area contributed by atoms with E-state index in [0.29, 0.717) is 0 Å². The summed E-state index contributed by atoms with van der Waals surface area (Å²) in [5, 5.41) is 6.48. The molecule has 0 unspecified atom stereocenters. The zero-order chi connectivity index (χ0) is 5.86. The van der Waals surface area contributed by atoms with Crippen LogP contribution in [0.3, 0.4) is 0 Å². The standard InChI is InChI=1S/C4H5ClN2/c1-3(7-2)4(5)6/h6H,1-2H2. The first-order chi connectivity index (χ1) is 3.18. The van der Waals surface area contributed by atoms with E-state index in [1.165, 1.54) is 0 Å². The maximum absolute atomic E-state index is 6.63. The summed E-state index contributed by atoms with van der Waals surface area (Å²) < 4.78 is 0. The lowest BCUT2D eigenvalue weighted by Crippen LogP contribution is -1.82. The molecule has 0 spiro atoms. The third kappa shape index (κ3) is 2.11. The SMILES string of the molecule is C=NC(=C)C(=N)Cl. The van der Waals surface area contributed by atoms with Gasteiger partial charge in [-0.1, -0.05) is 18.2 Å². The fraction of sp³-hybridized carbons (Fsp3) is 0. The van der Waals surface area contributed by atoms with Crippen LogP contribution >= 0.6 is 11.6 Å². The van der Waals surface area contributed by atoms with E-state index in [-0.39, 0.29) is 10.9 Å². The van der Waals surface area contributed by atoms with E-state index < -0.39 is 0 Å². The maximum Gasteiger partial charge on any atom is 0.146 e. The van der Waals surface area contributed by atoms with Crippen LogP contribution in [-0.2, 0) is 0 Å². The number of hydrogen-bond acceptors (Lipinski definition) is 2. The predicted octanol–water partition coefficient (Wildman–Crippen LogP) is 1.42. The van der Waals surface area contributed by atoms with Gasteiger partial charge in [-0.25, -0.2) is 0 Å². The molecule has 0 aromatic rings. The second kappa shape index (κ2) is 2.53. The Morgan fingerprint density at radius 3 is 2.14 bits per heavy atom. The van der Waals surface area contributed by atoms with Gasteiger partial charge >= 0.3 is 0 Å². The van der Waals surface area contributed by atoms with Crippen molar-refractivity contribution in [1.29, 1.82) is 5.41 Å². The van der Waals surface area contributed by atoms with Gasteiger partial charge in [0.15, 0.2) is 0 Å². The van der Waals surface area contributed by atoms with Gasteiger partial charge in [0.2, 0.25) is 0 Å². The summed E-state index contributed by atoms with van der Waals surface area (Å²) in [4.78, 5) is 3.29. The Morgan fingerprint density at radius 1 is 1.71 bits per heavy atom. The first kappa shape index (κ1) is 6.37. The lowest BCUT2D eigenvalue weighted by Gasteiger charge is -1.85. The second-order valence-electron chi connectivity index (χ2n) is 0.919. The van der Waals surface area contributed by atoms with Gasteiger partial charge < -0.3 is 0 Å². The van der Waals surface area contributed by atoms with E-state index in [0.717, 1.165) is 0 Å². The molecular weight excluding hydrogens is 112 g/mol. The summed E-state index contributed by atoms with van der Waals surface area (Å²) in [5.41, 5.74) is 0.210. The number of allylic oxidation sites excluding steroid dienone is 1. The molecule has 0 aliphatic carbocycles. The van der Waals surface area contributed by atoms with Crippen molar-refractivity contribution in [3.63, 3.8) is 0 Å². The second-order valence-corrected chi connectivity index (χ2v) is 1.30. The monoisotopic (exact) mass is 116 g/mol. The summed E-state index contributed by atoms with van der Waals surface area (Å²) in [5.74, 6) is 0. The number of hydrogen-bond donors (Lipinski definition) is 1. The molecule has 0 rings (SSSR count). The highest BCUT2D eigenvalue weighted by Gasteiger charge is 1.89. The van der Waals surface area contributed by atoms with Crippen LogP contribution in [0.25, 0.3) is 0 Å². The molecule has 0 atom stereocenters. The summed E-state index contributed by atoms with van der Waals surface area (Å²) in [7, 11) is 0. The fourth-order valence-corrected chi connectivity index (χ4v) is 0.129. The van der Waals surface area contributed by atoms with Crippen molar-refractivity contribution >= 4 is 23.5 Å². The molecule has 0 aromatic heterocycles. The van der Waals surface area contributed by atoms with E-state index in [9.17, 15) is 0 Å². The zero-order valence-corrected chi connectivity index (χ0v) is 4.50. The molecule has 0 radical (unpaired) electrons. The molecule has 7 heavy (non-hydrogen) atoms. The molecule has 3 heteroatoms. The molecule has 0 aromatic carbocycles. The van der Waals surface area contributed by atoms with Crippen LogP contribution in [-0.4, -0.2) is 11.9 Å². The highest BCUT2D eigenvalue weighted by atomic mass is 35.5. The average Bonchev–Trinajstić information content (AvgIpc) is 1.65. The Labute approximate surface area is 47.0 Å². The normalized spacial score (nSPS) is 7.57. The number of halogens is 1. The minimum absolute atomic E-state index is 0.157. The van der Waals surface area contributed by atoms with Crippen LogP contribution < -0.4 is 0 Å². The van der Waals surface area contributed by atoms with E-state index in [1.807, 2.05) is 0 Å². The minimum Gasteiger partial charge on any atom is -0.287 e. The van der Waals surface area contributed by atoms with Gasteiger partial charge in [0.05, 0.1) is 5.70 Å². The molecule has 0 saturated carbocycles. The molecular formula is C4H5ClN2. The van der Waals surface area contributed by atoms with Gasteiger partial charge in [0.1, 0.15) is 5.17 Å². The number of rotatable bonds is 2. The first-order valence-electron chi connectivity index (χ1n) is 1.58. The van der Waals surface area contributed by atoms with Crippen molar-refractivity contribution in [2.45, 2.75) is 0 Å². The maximum atomic E-state index is 6.63. The Kier molecular flexibility index (Phi) is 2.30. The molecule has 0 bridgehead atoms. The molecule has 0 aliphatic heterocycles. The van der Waals surface area contributed by atoms with Crippen molar-refractivity contribution in [2.75, 3.05) is 0 Å². The summed E-state index contributed by atoms with van der Waals surface area (Å²) >= 11 is 5.08. The first-order valence-corrected chi connectivity index (χ1v) is 1.96. The molecule has 0 aliphatic rings. The minimum atomic E-state index is -0.157. The van der Waals surface area contributed by atoms with Crippen LogP contribution in [0.1, 0.15) is 0 Å². The zero-order valence-electron chi connectivity index (χ0n) is 3.74. The van der Waals surface area contributed by atoms with Crippen LogP contribution in [0.2, 0.25) is 0 Å². The van der Waals surface area contributed by atoms with E-state index >= 15 is 0 Å². The van der Waals surface area contributed by atoms with Gasteiger partial charge in [-0.15, -0.1) is 0 Å². The number of nitrogens with zero attached hydrogens (tertiary/aromatic N) is 1. The highest BCUT2D eigenvalue weighted by molar-refractivity contribution is 6.68. The number of aliphatic imine (C=N–C) groups is 1. The quantitative estimate of drug-likeness (QED) is 0.530. The third-order valence-electron chi connectivity index (χ3n) is 0.444. The van der Waals surface area contributed by atoms with Crippen LogP contribution in [0, 0.1) is 5.41 Å².